The van der Waals surface area contributed by atoms with Crippen LogP contribution < -0.4 is 10.5 Å². The molecule has 21 heavy (non-hydrogen) atoms. The quantitative estimate of drug-likeness (QED) is 0.939. The Hall–Kier alpha value is -1.88. The summed E-state index contributed by atoms with van der Waals surface area (Å²) in [5.74, 6) is 2.01. The van der Waals surface area contributed by atoms with E-state index >= 15 is 0 Å². The molecule has 1 aromatic carbocycles. The Balaban J connectivity index is 1.92. The fraction of sp³-hybridized carbons (Fsp3) is 0.500. The van der Waals surface area contributed by atoms with Crippen LogP contribution in [0.4, 0.5) is 0 Å². The summed E-state index contributed by atoms with van der Waals surface area (Å²) in [7, 11) is 1.64. The second-order valence-corrected chi connectivity index (χ2v) is 5.92. The molecule has 1 saturated carbocycles. The fourth-order valence-electron chi connectivity index (χ4n) is 2.96. The zero-order valence-corrected chi connectivity index (χ0v) is 12.5. The van der Waals surface area contributed by atoms with Crippen molar-refractivity contribution in [3.63, 3.8) is 0 Å². The van der Waals surface area contributed by atoms with Gasteiger partial charge in [0.1, 0.15) is 5.75 Å². The Morgan fingerprint density at radius 3 is 3.00 bits per heavy atom. The van der Waals surface area contributed by atoms with Crippen LogP contribution in [-0.2, 0) is 5.41 Å². The molecular weight excluding hydrogens is 266 g/mol. The summed E-state index contributed by atoms with van der Waals surface area (Å²) in [4.78, 5) is 4.59. The third-order valence-corrected chi connectivity index (χ3v) is 4.52. The molecule has 1 aromatic heterocycles. The first-order valence-electron chi connectivity index (χ1n) is 7.38. The number of rotatable bonds is 3. The maximum Gasteiger partial charge on any atom is 0.234 e. The smallest absolute Gasteiger partial charge is 0.234 e. The topological polar surface area (TPSA) is 74.2 Å². The van der Waals surface area contributed by atoms with E-state index < -0.39 is 0 Å². The molecule has 5 heteroatoms. The molecule has 1 fully saturated rings. The Kier molecular flexibility index (Phi) is 3.68. The maximum atomic E-state index is 6.29. The van der Waals surface area contributed by atoms with Crippen LogP contribution >= 0.6 is 0 Å². The average Bonchev–Trinajstić information content (AvgIpc) is 3.01. The first kappa shape index (κ1) is 14.1. The van der Waals surface area contributed by atoms with Gasteiger partial charge in [-0.3, -0.25) is 0 Å². The number of benzene rings is 1. The van der Waals surface area contributed by atoms with Gasteiger partial charge >= 0.3 is 0 Å². The highest BCUT2D eigenvalue weighted by atomic mass is 16.5. The Morgan fingerprint density at radius 2 is 2.24 bits per heavy atom. The van der Waals surface area contributed by atoms with Gasteiger partial charge in [-0.05, 0) is 31.9 Å². The van der Waals surface area contributed by atoms with Gasteiger partial charge in [-0.25, -0.2) is 0 Å². The molecule has 1 aliphatic carbocycles. The van der Waals surface area contributed by atoms with E-state index in [0.29, 0.717) is 11.7 Å². The number of ether oxygens (including phenoxy) is 1. The second-order valence-electron chi connectivity index (χ2n) is 5.92. The van der Waals surface area contributed by atoms with Gasteiger partial charge in [-0.1, -0.05) is 30.1 Å². The van der Waals surface area contributed by atoms with E-state index in [-0.39, 0.29) is 11.5 Å². The second kappa shape index (κ2) is 5.48. The molecule has 0 amide bonds. The van der Waals surface area contributed by atoms with Gasteiger partial charge in [-0.15, -0.1) is 0 Å². The van der Waals surface area contributed by atoms with Crippen LogP contribution in [0.1, 0.15) is 38.5 Å². The van der Waals surface area contributed by atoms with Crippen LogP contribution in [0.25, 0.3) is 11.4 Å². The zero-order valence-electron chi connectivity index (χ0n) is 12.5. The Labute approximate surface area is 124 Å². The van der Waals surface area contributed by atoms with E-state index in [1.807, 2.05) is 24.3 Å². The summed E-state index contributed by atoms with van der Waals surface area (Å²) >= 11 is 0. The van der Waals surface area contributed by atoms with E-state index in [0.717, 1.165) is 30.6 Å². The molecule has 0 saturated heterocycles. The molecule has 0 bridgehead atoms. The highest BCUT2D eigenvalue weighted by Gasteiger charge is 2.40. The van der Waals surface area contributed by atoms with Gasteiger partial charge in [0.05, 0.1) is 12.5 Å². The molecule has 0 aliphatic heterocycles. The SMILES string of the molecule is COc1cccc(-c2noc(C3(C)CCCCC3N)n2)c1. The average molecular weight is 287 g/mol. The number of nitrogens with zero attached hydrogens (tertiary/aromatic N) is 2. The van der Waals surface area contributed by atoms with Crippen molar-refractivity contribution in [2.75, 3.05) is 7.11 Å². The third-order valence-electron chi connectivity index (χ3n) is 4.52. The first-order chi connectivity index (χ1) is 10.1. The van der Waals surface area contributed by atoms with E-state index in [9.17, 15) is 0 Å². The van der Waals surface area contributed by atoms with Crippen LogP contribution in [0.15, 0.2) is 28.8 Å². The number of hydrogen-bond acceptors (Lipinski definition) is 5. The fourth-order valence-corrected chi connectivity index (χ4v) is 2.96. The molecule has 2 unspecified atom stereocenters. The minimum Gasteiger partial charge on any atom is -0.497 e. The summed E-state index contributed by atoms with van der Waals surface area (Å²) < 4.78 is 10.8. The lowest BCUT2D eigenvalue weighted by molar-refractivity contribution is 0.203. The molecule has 0 radical (unpaired) electrons. The number of nitrogens with two attached hydrogens (primary N) is 1. The molecule has 3 rings (SSSR count). The summed E-state index contributed by atoms with van der Waals surface area (Å²) in [5.41, 5.74) is 6.96. The lowest BCUT2D eigenvalue weighted by Gasteiger charge is -2.35. The van der Waals surface area contributed by atoms with Crippen molar-refractivity contribution < 1.29 is 9.26 Å². The molecule has 2 atom stereocenters. The maximum absolute atomic E-state index is 6.29. The summed E-state index contributed by atoms with van der Waals surface area (Å²) in [6.45, 7) is 2.12. The molecule has 112 valence electrons. The number of aromatic nitrogens is 2. The molecule has 2 aromatic rings. The van der Waals surface area contributed by atoms with Gasteiger partial charge < -0.3 is 15.0 Å². The van der Waals surface area contributed by atoms with Crippen LogP contribution in [-0.4, -0.2) is 23.3 Å². The minimum absolute atomic E-state index is 0.0739. The van der Waals surface area contributed by atoms with Gasteiger partial charge in [0, 0.05) is 11.6 Å². The van der Waals surface area contributed by atoms with E-state index in [1.54, 1.807) is 7.11 Å². The highest BCUT2D eigenvalue weighted by molar-refractivity contribution is 5.57. The van der Waals surface area contributed by atoms with E-state index in [4.69, 9.17) is 15.0 Å². The van der Waals surface area contributed by atoms with Crippen LogP contribution in [0.2, 0.25) is 0 Å². The van der Waals surface area contributed by atoms with Crippen LogP contribution in [0, 0.1) is 0 Å². The van der Waals surface area contributed by atoms with Crippen LogP contribution in [0.3, 0.4) is 0 Å². The van der Waals surface area contributed by atoms with Crippen molar-refractivity contribution in [1.82, 2.24) is 10.1 Å². The highest BCUT2D eigenvalue weighted by Crippen LogP contribution is 2.38. The van der Waals surface area contributed by atoms with Crippen molar-refractivity contribution in [3.8, 4) is 17.1 Å². The number of methoxy groups -OCH3 is 1. The molecule has 1 heterocycles. The largest absolute Gasteiger partial charge is 0.497 e. The summed E-state index contributed by atoms with van der Waals surface area (Å²) in [5, 5.41) is 4.12. The predicted octanol–water partition coefficient (Wildman–Crippen LogP) is 2.90. The van der Waals surface area contributed by atoms with Crippen molar-refractivity contribution in [2.24, 2.45) is 5.73 Å². The van der Waals surface area contributed by atoms with Gasteiger partial charge in [0.25, 0.3) is 0 Å². The summed E-state index contributed by atoms with van der Waals surface area (Å²) in [6, 6.07) is 7.73. The molecule has 0 spiro atoms. The molecule has 5 nitrogen and oxygen atoms in total. The normalized spacial score (nSPS) is 25.8. The minimum atomic E-state index is -0.220. The molecule has 2 N–H and O–H groups in total. The van der Waals surface area contributed by atoms with Crippen molar-refractivity contribution in [3.05, 3.63) is 30.2 Å². The lowest BCUT2D eigenvalue weighted by Crippen LogP contribution is -2.45. The van der Waals surface area contributed by atoms with Crippen LogP contribution in [0.5, 0.6) is 5.75 Å². The van der Waals surface area contributed by atoms with Gasteiger partial charge in [-0.2, -0.15) is 4.98 Å². The van der Waals surface area contributed by atoms with E-state index in [2.05, 4.69) is 17.1 Å². The van der Waals surface area contributed by atoms with Crippen molar-refractivity contribution in [2.45, 2.75) is 44.1 Å². The molecule has 1 aliphatic rings. The lowest BCUT2D eigenvalue weighted by atomic mass is 9.72. The Morgan fingerprint density at radius 1 is 1.38 bits per heavy atom. The van der Waals surface area contributed by atoms with Crippen molar-refractivity contribution in [1.29, 1.82) is 0 Å². The molecular formula is C16H21N3O2. The van der Waals surface area contributed by atoms with Gasteiger partial charge in [0.2, 0.25) is 11.7 Å². The standard InChI is InChI=1S/C16H21N3O2/c1-16(9-4-3-8-13(16)17)15-18-14(19-21-15)11-6-5-7-12(10-11)20-2/h5-7,10,13H,3-4,8-9,17H2,1-2H3. The van der Waals surface area contributed by atoms with Crippen molar-refractivity contribution >= 4 is 0 Å². The first-order valence-corrected chi connectivity index (χ1v) is 7.38. The van der Waals surface area contributed by atoms with Gasteiger partial charge in [0.15, 0.2) is 0 Å². The summed E-state index contributed by atoms with van der Waals surface area (Å²) in [6.07, 6.45) is 4.33. The Bertz CT molecular complexity index is 625. The monoisotopic (exact) mass is 287 g/mol. The third kappa shape index (κ3) is 2.53. The predicted molar refractivity (Wildman–Crippen MR) is 80.1 cm³/mol. The van der Waals surface area contributed by atoms with E-state index in [1.165, 1.54) is 6.42 Å². The number of hydrogen-bond donors (Lipinski definition) is 1. The zero-order chi connectivity index (χ0) is 14.9.